The van der Waals surface area contributed by atoms with E-state index in [2.05, 4.69) is 15.6 Å². The minimum absolute atomic E-state index is 0.0148. The van der Waals surface area contributed by atoms with Crippen LogP contribution in [0.25, 0.3) is 0 Å². The smallest absolute Gasteiger partial charge is 0.315 e. The summed E-state index contributed by atoms with van der Waals surface area (Å²) in [7, 11) is 0. The molecule has 1 aliphatic rings. The van der Waals surface area contributed by atoms with Gasteiger partial charge in [-0.3, -0.25) is 9.78 Å². The van der Waals surface area contributed by atoms with Crippen molar-refractivity contribution in [1.82, 2.24) is 20.5 Å². The summed E-state index contributed by atoms with van der Waals surface area (Å²) < 4.78 is 0. The molecule has 1 saturated heterocycles. The predicted molar refractivity (Wildman–Crippen MR) is 95.0 cm³/mol. The van der Waals surface area contributed by atoms with Crippen LogP contribution in [0, 0.1) is 0 Å². The first-order valence-electron chi connectivity index (χ1n) is 8.51. The quantitative estimate of drug-likeness (QED) is 0.897. The highest BCUT2D eigenvalue weighted by atomic mass is 16.2. The summed E-state index contributed by atoms with van der Waals surface area (Å²) in [5.41, 5.74) is 1.49. The first-order chi connectivity index (χ1) is 12.2. The van der Waals surface area contributed by atoms with Gasteiger partial charge in [-0.25, -0.2) is 4.79 Å². The van der Waals surface area contributed by atoms with Gasteiger partial charge >= 0.3 is 6.03 Å². The Bertz CT molecular complexity index is 706. The van der Waals surface area contributed by atoms with Crippen LogP contribution < -0.4 is 10.6 Å². The van der Waals surface area contributed by atoms with Crippen LogP contribution in [0.4, 0.5) is 4.79 Å². The first-order valence-corrected chi connectivity index (χ1v) is 8.51. The van der Waals surface area contributed by atoms with Gasteiger partial charge in [0, 0.05) is 30.9 Å². The number of aromatic nitrogens is 1. The van der Waals surface area contributed by atoms with Gasteiger partial charge in [-0.15, -0.1) is 0 Å². The van der Waals surface area contributed by atoms with Crippen molar-refractivity contribution in [2.75, 3.05) is 13.1 Å². The number of hydrogen-bond acceptors (Lipinski definition) is 3. The Morgan fingerprint density at radius 3 is 2.68 bits per heavy atom. The lowest BCUT2D eigenvalue weighted by Crippen LogP contribution is -2.51. The molecule has 0 bridgehead atoms. The Balaban J connectivity index is 1.49. The second-order valence-electron chi connectivity index (χ2n) is 6.10. The Labute approximate surface area is 147 Å². The second kappa shape index (κ2) is 8.28. The molecule has 2 N–H and O–H groups in total. The minimum Gasteiger partial charge on any atom is -0.337 e. The van der Waals surface area contributed by atoms with Gasteiger partial charge in [0.15, 0.2) is 0 Å². The third-order valence-corrected chi connectivity index (χ3v) is 4.22. The average Bonchev–Trinajstić information content (AvgIpc) is 2.67. The van der Waals surface area contributed by atoms with Crippen molar-refractivity contribution in [2.45, 2.75) is 25.4 Å². The molecule has 130 valence electrons. The van der Waals surface area contributed by atoms with Gasteiger partial charge in [0.25, 0.3) is 5.91 Å². The van der Waals surface area contributed by atoms with Crippen LogP contribution in [0.2, 0.25) is 0 Å². The lowest BCUT2D eigenvalue weighted by Gasteiger charge is -2.33. The molecule has 6 heteroatoms. The molecule has 3 amide bonds. The zero-order chi connectivity index (χ0) is 17.5. The molecule has 1 fully saturated rings. The molecule has 3 rings (SSSR count). The molecule has 1 aliphatic heterocycles. The summed E-state index contributed by atoms with van der Waals surface area (Å²) in [5.74, 6) is 0.0148. The Morgan fingerprint density at radius 2 is 1.92 bits per heavy atom. The highest BCUT2D eigenvalue weighted by Gasteiger charge is 2.25. The van der Waals surface area contributed by atoms with Crippen molar-refractivity contribution in [1.29, 1.82) is 0 Å². The molecule has 6 nitrogen and oxygen atoms in total. The van der Waals surface area contributed by atoms with Crippen LogP contribution >= 0.6 is 0 Å². The van der Waals surface area contributed by atoms with Crippen LogP contribution in [-0.4, -0.2) is 41.0 Å². The maximum atomic E-state index is 12.5. The van der Waals surface area contributed by atoms with E-state index >= 15 is 0 Å². The summed E-state index contributed by atoms with van der Waals surface area (Å²) in [5, 5.41) is 5.76. The molecule has 1 atom stereocenters. The van der Waals surface area contributed by atoms with E-state index in [1.54, 1.807) is 6.20 Å². The summed E-state index contributed by atoms with van der Waals surface area (Å²) in [6, 6.07) is 14.6. The normalized spacial score (nSPS) is 17.0. The maximum absolute atomic E-state index is 12.5. The number of urea groups is 1. The van der Waals surface area contributed by atoms with E-state index in [0.717, 1.165) is 25.1 Å². The molecule has 0 saturated carbocycles. The molecular weight excluding hydrogens is 316 g/mol. The Kier molecular flexibility index (Phi) is 5.61. The number of amides is 3. The van der Waals surface area contributed by atoms with Crippen molar-refractivity contribution in [3.05, 3.63) is 66.0 Å². The Morgan fingerprint density at radius 1 is 1.12 bits per heavy atom. The highest BCUT2D eigenvalue weighted by Crippen LogP contribution is 2.14. The lowest BCUT2D eigenvalue weighted by atomic mass is 10.0. The fraction of sp³-hybridized carbons (Fsp3) is 0.316. The zero-order valence-electron chi connectivity index (χ0n) is 14.0. The molecule has 0 spiro atoms. The van der Waals surface area contributed by atoms with Crippen molar-refractivity contribution in [3.63, 3.8) is 0 Å². The number of nitrogens with one attached hydrogen (secondary N) is 2. The van der Waals surface area contributed by atoms with E-state index in [0.29, 0.717) is 18.7 Å². The largest absolute Gasteiger partial charge is 0.337 e. The molecule has 2 heterocycles. The van der Waals surface area contributed by atoms with Crippen LogP contribution in [-0.2, 0) is 6.54 Å². The van der Waals surface area contributed by atoms with Crippen molar-refractivity contribution in [2.24, 2.45) is 0 Å². The predicted octanol–water partition coefficient (Wildman–Crippen LogP) is 2.19. The number of rotatable bonds is 4. The summed E-state index contributed by atoms with van der Waals surface area (Å²) in [4.78, 5) is 30.6. The minimum atomic E-state index is -0.232. The number of carbonyl (C=O) groups excluding carboxylic acids is 2. The van der Waals surface area contributed by atoms with Gasteiger partial charge in [0.05, 0.1) is 12.2 Å². The summed E-state index contributed by atoms with van der Waals surface area (Å²) in [6.45, 7) is 1.64. The van der Waals surface area contributed by atoms with Crippen LogP contribution in [0.5, 0.6) is 0 Å². The third kappa shape index (κ3) is 4.79. The van der Waals surface area contributed by atoms with Gasteiger partial charge in [0.2, 0.25) is 0 Å². The molecule has 25 heavy (non-hydrogen) atoms. The SMILES string of the molecule is O=C(NCc1ccccn1)N[C@H]1CCCN(C(=O)c2ccccc2)C1. The number of carbonyl (C=O) groups is 2. The fourth-order valence-electron chi connectivity index (χ4n) is 2.95. The van der Waals surface area contributed by atoms with E-state index in [9.17, 15) is 9.59 Å². The molecule has 1 aromatic heterocycles. The van der Waals surface area contributed by atoms with Crippen molar-refractivity contribution in [3.8, 4) is 0 Å². The fourth-order valence-corrected chi connectivity index (χ4v) is 2.95. The molecule has 0 unspecified atom stereocenters. The molecule has 1 aromatic carbocycles. The molecule has 0 aliphatic carbocycles. The summed E-state index contributed by atoms with van der Waals surface area (Å²) in [6.07, 6.45) is 3.45. The van der Waals surface area contributed by atoms with E-state index in [-0.39, 0.29) is 18.0 Å². The van der Waals surface area contributed by atoms with E-state index in [1.807, 2.05) is 53.4 Å². The second-order valence-corrected chi connectivity index (χ2v) is 6.10. The van der Waals surface area contributed by atoms with Crippen molar-refractivity contribution < 1.29 is 9.59 Å². The molecular formula is C19H22N4O2. The van der Waals surface area contributed by atoms with Gasteiger partial charge in [-0.05, 0) is 37.1 Å². The average molecular weight is 338 g/mol. The molecule has 0 radical (unpaired) electrons. The topological polar surface area (TPSA) is 74.3 Å². The number of nitrogens with zero attached hydrogens (tertiary/aromatic N) is 2. The first kappa shape index (κ1) is 17.0. The van der Waals surface area contributed by atoms with Gasteiger partial charge in [0.1, 0.15) is 0 Å². The highest BCUT2D eigenvalue weighted by molar-refractivity contribution is 5.94. The number of piperidine rings is 1. The number of hydrogen-bond donors (Lipinski definition) is 2. The molecule has 2 aromatic rings. The Hall–Kier alpha value is -2.89. The van der Waals surface area contributed by atoms with Gasteiger partial charge in [-0.1, -0.05) is 24.3 Å². The summed E-state index contributed by atoms with van der Waals surface area (Å²) >= 11 is 0. The lowest BCUT2D eigenvalue weighted by molar-refractivity contribution is 0.0697. The van der Waals surface area contributed by atoms with Crippen molar-refractivity contribution >= 4 is 11.9 Å². The number of pyridine rings is 1. The van der Waals surface area contributed by atoms with Crippen LogP contribution in [0.1, 0.15) is 28.9 Å². The third-order valence-electron chi connectivity index (χ3n) is 4.22. The van der Waals surface area contributed by atoms with Gasteiger partial charge in [-0.2, -0.15) is 0 Å². The van der Waals surface area contributed by atoms with E-state index in [1.165, 1.54) is 0 Å². The van der Waals surface area contributed by atoms with Crippen LogP contribution in [0.15, 0.2) is 54.7 Å². The van der Waals surface area contributed by atoms with E-state index < -0.39 is 0 Å². The standard InChI is InChI=1S/C19H22N4O2/c24-18(15-7-2-1-3-8-15)23-12-6-10-17(14-23)22-19(25)21-13-16-9-4-5-11-20-16/h1-5,7-9,11,17H,6,10,12-14H2,(H2,21,22,25)/t17-/m0/s1. The van der Waals surface area contributed by atoms with Crippen LogP contribution in [0.3, 0.4) is 0 Å². The number of likely N-dealkylation sites (tertiary alicyclic amines) is 1. The zero-order valence-corrected chi connectivity index (χ0v) is 14.0. The maximum Gasteiger partial charge on any atom is 0.315 e. The number of benzene rings is 1. The van der Waals surface area contributed by atoms with E-state index in [4.69, 9.17) is 0 Å². The van der Waals surface area contributed by atoms with Gasteiger partial charge < -0.3 is 15.5 Å². The monoisotopic (exact) mass is 338 g/mol.